The topological polar surface area (TPSA) is 229 Å². The number of aromatic nitrogens is 2. The molecule has 15 heteroatoms. The molecule has 55 heavy (non-hydrogen) atoms. The molecule has 2 aromatic rings. The number of hydrogen-bond acceptors (Lipinski definition) is 8. The van der Waals surface area contributed by atoms with E-state index in [-0.39, 0.29) is 42.9 Å². The number of H-pyrrole nitrogens is 1. The van der Waals surface area contributed by atoms with Crippen LogP contribution in [0, 0.1) is 23.7 Å². The van der Waals surface area contributed by atoms with E-state index in [0.717, 1.165) is 5.56 Å². The van der Waals surface area contributed by atoms with E-state index in [0.29, 0.717) is 37.9 Å². The number of amides is 6. The van der Waals surface area contributed by atoms with Crippen molar-refractivity contribution in [2.24, 2.45) is 29.4 Å². The molecule has 3 rings (SSSR count). The van der Waals surface area contributed by atoms with Crippen molar-refractivity contribution in [1.29, 1.82) is 0 Å². The molecule has 1 aliphatic heterocycles. The highest BCUT2D eigenvalue weighted by Crippen LogP contribution is 2.23. The van der Waals surface area contributed by atoms with Gasteiger partial charge in [0.2, 0.25) is 35.4 Å². The molecule has 8 N–H and O–H groups in total. The van der Waals surface area contributed by atoms with E-state index in [1.807, 2.05) is 71.9 Å². The smallest absolute Gasteiger partial charge is 0.243 e. The first kappa shape index (κ1) is 44.6. The second kappa shape index (κ2) is 21.3. The first-order valence-electron chi connectivity index (χ1n) is 19.5. The molecule has 0 radical (unpaired) electrons. The second-order valence-corrected chi connectivity index (χ2v) is 15.6. The molecule has 304 valence electrons. The zero-order valence-electron chi connectivity index (χ0n) is 33.3. The van der Waals surface area contributed by atoms with Gasteiger partial charge in [0, 0.05) is 44.1 Å². The fraction of sp³-hybridized carbons (Fsp3) is 0.625. The van der Waals surface area contributed by atoms with Crippen LogP contribution in [0.5, 0.6) is 0 Å². The van der Waals surface area contributed by atoms with Crippen molar-refractivity contribution in [3.05, 3.63) is 54.1 Å². The van der Waals surface area contributed by atoms with Gasteiger partial charge in [-0.05, 0) is 49.0 Å². The first-order chi connectivity index (χ1) is 26.0. The Hall–Kier alpha value is -4.79. The third kappa shape index (κ3) is 13.5. The lowest BCUT2D eigenvalue weighted by atomic mass is 9.85. The van der Waals surface area contributed by atoms with Crippen molar-refractivity contribution in [3.63, 3.8) is 0 Å². The van der Waals surface area contributed by atoms with Gasteiger partial charge in [-0.2, -0.15) is 0 Å². The number of carbonyl (C=O) groups is 6. The van der Waals surface area contributed by atoms with Gasteiger partial charge >= 0.3 is 0 Å². The molecule has 0 aliphatic carbocycles. The lowest BCUT2D eigenvalue weighted by Crippen LogP contribution is -2.59. The van der Waals surface area contributed by atoms with E-state index in [4.69, 9.17) is 5.73 Å². The molecule has 2 heterocycles. The number of aliphatic hydroxyl groups is 1. The summed E-state index contributed by atoms with van der Waals surface area (Å²) in [4.78, 5) is 88.3. The van der Waals surface area contributed by atoms with Gasteiger partial charge in [-0.25, -0.2) is 4.98 Å². The summed E-state index contributed by atoms with van der Waals surface area (Å²) < 4.78 is 0. The number of nitrogens with one attached hydrogen (secondary N) is 5. The number of nitrogens with two attached hydrogens (primary N) is 1. The van der Waals surface area contributed by atoms with E-state index in [1.54, 1.807) is 0 Å². The number of primary amides is 1. The predicted octanol–water partition coefficient (Wildman–Crippen LogP) is 1.75. The van der Waals surface area contributed by atoms with Crippen LogP contribution in [0.2, 0.25) is 0 Å². The Morgan fingerprint density at radius 1 is 0.909 bits per heavy atom. The van der Waals surface area contributed by atoms with Gasteiger partial charge in [-0.3, -0.25) is 28.8 Å². The first-order valence-corrected chi connectivity index (χ1v) is 19.5. The van der Waals surface area contributed by atoms with E-state index in [9.17, 15) is 33.9 Å². The molecule has 0 bridgehead atoms. The van der Waals surface area contributed by atoms with Gasteiger partial charge in [0.15, 0.2) is 0 Å². The van der Waals surface area contributed by atoms with E-state index in [2.05, 4.69) is 31.2 Å². The van der Waals surface area contributed by atoms with Crippen molar-refractivity contribution >= 4 is 35.4 Å². The number of likely N-dealkylation sites (tertiary alicyclic amines) is 1. The van der Waals surface area contributed by atoms with E-state index >= 15 is 0 Å². The SMILES string of the molecule is CC[C@H](C)[C@H](NC(=O)[C@@H](C[C@H](O)[C@H](CC(C)C)NC(=O)[C@H](Cc1cnc[nH]1)NC(=O)[C@H](Cc1ccccc1)NC(=O)[C@H]1CCCN1C(C)=O)C(C)C)C(N)=O. The summed E-state index contributed by atoms with van der Waals surface area (Å²) in [6.45, 7) is 13.2. The molecule has 0 unspecified atom stereocenters. The standard InChI is InChI=1S/C40H62N8O7/c1-8-25(6)35(36(41)51)47-37(52)29(24(4)5)20-34(50)30(17-23(2)3)44-39(54)32(19-28-21-42-22-43-28)45-38(53)31(18-27-13-10-9-11-14-27)46-40(55)33-15-12-16-48(33)26(7)49/h9-11,13-14,21-25,29-35,50H,8,12,15-20H2,1-7H3,(H2,41,51)(H,42,43)(H,44,54)(H,45,53)(H,46,55)(H,47,52)/t25-,29-,30-,31-,32-,33+,34-,35-/m0/s1. The minimum absolute atomic E-state index is 0.00560. The van der Waals surface area contributed by atoms with Crippen LogP contribution in [0.3, 0.4) is 0 Å². The highest BCUT2D eigenvalue weighted by Gasteiger charge is 2.37. The van der Waals surface area contributed by atoms with Crippen LogP contribution in [-0.2, 0) is 41.6 Å². The quantitative estimate of drug-likeness (QED) is 0.0988. The molecular weight excluding hydrogens is 704 g/mol. The van der Waals surface area contributed by atoms with Gasteiger partial charge in [0.25, 0.3) is 0 Å². The van der Waals surface area contributed by atoms with Crippen LogP contribution in [0.4, 0.5) is 0 Å². The summed E-state index contributed by atoms with van der Waals surface area (Å²) in [5.41, 5.74) is 6.96. The Morgan fingerprint density at radius 2 is 1.56 bits per heavy atom. The molecule has 8 atom stereocenters. The zero-order chi connectivity index (χ0) is 40.8. The third-order valence-electron chi connectivity index (χ3n) is 10.5. The Morgan fingerprint density at radius 3 is 2.13 bits per heavy atom. The number of benzene rings is 1. The molecule has 1 aliphatic rings. The summed E-state index contributed by atoms with van der Waals surface area (Å²) in [6, 6.07) is 4.55. The van der Waals surface area contributed by atoms with Gasteiger partial charge in [0.1, 0.15) is 24.2 Å². The van der Waals surface area contributed by atoms with Gasteiger partial charge < -0.3 is 42.0 Å². The van der Waals surface area contributed by atoms with E-state index < -0.39 is 71.8 Å². The van der Waals surface area contributed by atoms with Crippen molar-refractivity contribution in [2.75, 3.05) is 6.54 Å². The number of hydrogen-bond donors (Lipinski definition) is 7. The zero-order valence-corrected chi connectivity index (χ0v) is 33.3. The minimum atomic E-state index is -1.16. The largest absolute Gasteiger partial charge is 0.391 e. The van der Waals surface area contributed by atoms with Gasteiger partial charge in [-0.15, -0.1) is 0 Å². The normalized spacial score (nSPS) is 18.1. The summed E-state index contributed by atoms with van der Waals surface area (Å²) in [5, 5.41) is 23.1. The highest BCUT2D eigenvalue weighted by atomic mass is 16.3. The molecule has 1 saturated heterocycles. The molecule has 15 nitrogen and oxygen atoms in total. The highest BCUT2D eigenvalue weighted by molar-refractivity contribution is 5.94. The molecule has 0 saturated carbocycles. The summed E-state index contributed by atoms with van der Waals surface area (Å²) in [7, 11) is 0. The summed E-state index contributed by atoms with van der Waals surface area (Å²) in [5.74, 6) is -3.97. The van der Waals surface area contributed by atoms with Crippen molar-refractivity contribution in [2.45, 2.75) is 130 Å². The number of imidazole rings is 1. The lowest BCUT2D eigenvalue weighted by Gasteiger charge is -2.32. The van der Waals surface area contributed by atoms with Crippen molar-refractivity contribution in [1.82, 2.24) is 36.1 Å². The number of aliphatic hydroxyl groups excluding tert-OH is 1. The Balaban J connectivity index is 1.86. The fourth-order valence-electron chi connectivity index (χ4n) is 7.04. The average Bonchev–Trinajstić information content (AvgIpc) is 3.84. The minimum Gasteiger partial charge on any atom is -0.391 e. The van der Waals surface area contributed by atoms with Crippen LogP contribution >= 0.6 is 0 Å². The summed E-state index contributed by atoms with van der Waals surface area (Å²) >= 11 is 0. The van der Waals surface area contributed by atoms with Gasteiger partial charge in [0.05, 0.1) is 18.5 Å². The van der Waals surface area contributed by atoms with Crippen LogP contribution in [0.15, 0.2) is 42.9 Å². The maximum atomic E-state index is 14.2. The monoisotopic (exact) mass is 766 g/mol. The van der Waals surface area contributed by atoms with Crippen molar-refractivity contribution in [3.8, 4) is 0 Å². The maximum absolute atomic E-state index is 14.2. The van der Waals surface area contributed by atoms with Crippen LogP contribution < -0.4 is 27.0 Å². The maximum Gasteiger partial charge on any atom is 0.243 e. The van der Waals surface area contributed by atoms with Gasteiger partial charge in [-0.1, -0.05) is 78.3 Å². The molecule has 6 amide bonds. The second-order valence-electron chi connectivity index (χ2n) is 15.6. The molecule has 0 spiro atoms. The van der Waals surface area contributed by atoms with Crippen LogP contribution in [-0.4, -0.2) is 98.3 Å². The Kier molecular flexibility index (Phi) is 17.3. The average molecular weight is 767 g/mol. The van der Waals surface area contributed by atoms with Crippen LogP contribution in [0.1, 0.15) is 91.8 Å². The van der Waals surface area contributed by atoms with E-state index in [1.165, 1.54) is 24.3 Å². The predicted molar refractivity (Wildman–Crippen MR) is 208 cm³/mol. The number of nitrogens with zero attached hydrogens (tertiary/aromatic N) is 2. The third-order valence-corrected chi connectivity index (χ3v) is 10.5. The molecular formula is C40H62N8O7. The molecule has 1 fully saturated rings. The number of rotatable bonds is 21. The van der Waals surface area contributed by atoms with Crippen LogP contribution in [0.25, 0.3) is 0 Å². The molecule has 1 aromatic carbocycles. The van der Waals surface area contributed by atoms with Crippen molar-refractivity contribution < 1.29 is 33.9 Å². The number of aromatic amines is 1. The fourth-order valence-corrected chi connectivity index (χ4v) is 7.04. The Bertz CT molecular complexity index is 1570. The Labute approximate surface area is 324 Å². The summed E-state index contributed by atoms with van der Waals surface area (Å²) in [6.07, 6.45) is 4.10. The lowest BCUT2D eigenvalue weighted by molar-refractivity contribution is -0.138. The molecule has 1 aromatic heterocycles. The number of carbonyl (C=O) groups excluding carboxylic acids is 6.